The lowest BCUT2D eigenvalue weighted by molar-refractivity contribution is 0.404. The first-order valence-corrected chi connectivity index (χ1v) is 5.23. The maximum absolute atomic E-state index is 5.90. The summed E-state index contributed by atoms with van der Waals surface area (Å²) < 4.78 is 0. The summed E-state index contributed by atoms with van der Waals surface area (Å²) in [6, 6.07) is 1.90. The van der Waals surface area contributed by atoms with Gasteiger partial charge >= 0.3 is 0 Å². The van der Waals surface area contributed by atoms with Gasteiger partial charge in [0.15, 0.2) is 0 Å². The van der Waals surface area contributed by atoms with Crippen molar-refractivity contribution in [1.82, 2.24) is 14.9 Å². The highest BCUT2D eigenvalue weighted by atomic mass is 35.5. The molecule has 0 saturated heterocycles. The summed E-state index contributed by atoms with van der Waals surface area (Å²) in [4.78, 5) is 9.54. The second kappa shape index (κ2) is 3.83. The van der Waals surface area contributed by atoms with E-state index < -0.39 is 0 Å². The van der Waals surface area contributed by atoms with Crippen LogP contribution in [0.15, 0.2) is 12.3 Å². The van der Waals surface area contributed by atoms with Gasteiger partial charge in [0.05, 0.1) is 0 Å². The summed E-state index contributed by atoms with van der Waals surface area (Å²) in [6.45, 7) is 2.97. The van der Waals surface area contributed by atoms with E-state index in [0.717, 1.165) is 12.2 Å². The molecule has 0 fully saturated rings. The number of aromatic nitrogens is 2. The van der Waals surface area contributed by atoms with Crippen LogP contribution in [-0.4, -0.2) is 29.0 Å². The van der Waals surface area contributed by atoms with Gasteiger partial charge in [-0.15, -0.1) is 0 Å². The zero-order valence-electron chi connectivity index (χ0n) is 9.13. The molecule has 0 saturated carbocycles. The van der Waals surface area contributed by atoms with Crippen molar-refractivity contribution >= 4 is 22.6 Å². The fourth-order valence-corrected chi connectivity index (χ4v) is 2.08. The van der Waals surface area contributed by atoms with E-state index in [1.807, 2.05) is 12.3 Å². The molecule has 0 aliphatic carbocycles. The van der Waals surface area contributed by atoms with Crippen LogP contribution in [-0.2, 0) is 6.54 Å². The molecule has 0 aliphatic heterocycles. The molecule has 0 spiro atoms. The van der Waals surface area contributed by atoms with Crippen molar-refractivity contribution in [2.45, 2.75) is 13.5 Å². The number of fused-ring (bicyclic) bond motifs is 1. The quantitative estimate of drug-likeness (QED) is 0.794. The zero-order chi connectivity index (χ0) is 11.0. The van der Waals surface area contributed by atoms with Gasteiger partial charge in [0.25, 0.3) is 0 Å². The van der Waals surface area contributed by atoms with Crippen molar-refractivity contribution in [1.29, 1.82) is 0 Å². The first-order valence-electron chi connectivity index (χ1n) is 4.86. The molecule has 0 bridgehead atoms. The lowest BCUT2D eigenvalue weighted by atomic mass is 10.1. The maximum atomic E-state index is 5.90. The lowest BCUT2D eigenvalue weighted by Crippen LogP contribution is -2.10. The van der Waals surface area contributed by atoms with Crippen molar-refractivity contribution in [2.24, 2.45) is 0 Å². The topological polar surface area (TPSA) is 31.9 Å². The van der Waals surface area contributed by atoms with Gasteiger partial charge < -0.3 is 9.88 Å². The highest BCUT2D eigenvalue weighted by molar-refractivity contribution is 6.29. The van der Waals surface area contributed by atoms with Crippen LogP contribution >= 0.6 is 11.6 Å². The number of halogens is 1. The van der Waals surface area contributed by atoms with Crippen molar-refractivity contribution in [3.05, 3.63) is 28.5 Å². The Bertz CT molecular complexity index is 488. The Morgan fingerprint density at radius 1 is 1.47 bits per heavy atom. The SMILES string of the molecule is Cc1cc(Cl)nc2[nH]cc(CN(C)C)c12. The molecule has 0 aromatic carbocycles. The van der Waals surface area contributed by atoms with E-state index in [9.17, 15) is 0 Å². The van der Waals surface area contributed by atoms with Gasteiger partial charge in [-0.25, -0.2) is 4.98 Å². The summed E-state index contributed by atoms with van der Waals surface area (Å²) in [5, 5.41) is 1.73. The number of pyridine rings is 1. The van der Waals surface area contributed by atoms with Gasteiger partial charge in [0, 0.05) is 18.1 Å². The molecule has 2 aromatic heterocycles. The number of nitrogens with one attached hydrogen (secondary N) is 1. The normalized spacial score (nSPS) is 11.5. The van der Waals surface area contributed by atoms with Crippen LogP contribution in [0, 0.1) is 6.92 Å². The Morgan fingerprint density at radius 3 is 2.87 bits per heavy atom. The minimum absolute atomic E-state index is 0.540. The predicted octanol–water partition coefficient (Wildman–Crippen LogP) is 2.59. The monoisotopic (exact) mass is 223 g/mol. The van der Waals surface area contributed by atoms with E-state index in [1.165, 1.54) is 16.5 Å². The molecule has 3 nitrogen and oxygen atoms in total. The van der Waals surface area contributed by atoms with Crippen LogP contribution in [0.25, 0.3) is 11.0 Å². The van der Waals surface area contributed by atoms with Gasteiger partial charge in [0.2, 0.25) is 0 Å². The summed E-state index contributed by atoms with van der Waals surface area (Å²) in [5.74, 6) is 0. The Labute approximate surface area is 94.1 Å². The predicted molar refractivity (Wildman–Crippen MR) is 63.2 cm³/mol. The number of hydrogen-bond donors (Lipinski definition) is 1. The minimum Gasteiger partial charge on any atom is -0.346 e. The molecule has 1 N–H and O–H groups in total. The largest absolute Gasteiger partial charge is 0.346 e. The lowest BCUT2D eigenvalue weighted by Gasteiger charge is -2.08. The Hall–Kier alpha value is -1.06. The van der Waals surface area contributed by atoms with E-state index in [2.05, 4.69) is 35.9 Å². The molecule has 4 heteroatoms. The fraction of sp³-hybridized carbons (Fsp3) is 0.364. The van der Waals surface area contributed by atoms with Crippen LogP contribution in [0.4, 0.5) is 0 Å². The molecule has 0 amide bonds. The number of nitrogens with zero attached hydrogens (tertiary/aromatic N) is 2. The van der Waals surface area contributed by atoms with E-state index in [0.29, 0.717) is 5.15 Å². The van der Waals surface area contributed by atoms with Crippen LogP contribution in [0.1, 0.15) is 11.1 Å². The third-order valence-electron chi connectivity index (χ3n) is 2.38. The van der Waals surface area contributed by atoms with Crippen LogP contribution in [0.5, 0.6) is 0 Å². The second-order valence-corrected chi connectivity index (χ2v) is 4.42. The average molecular weight is 224 g/mol. The molecular formula is C11H14ClN3. The first-order chi connectivity index (χ1) is 7.08. The van der Waals surface area contributed by atoms with Gasteiger partial charge in [-0.05, 0) is 38.2 Å². The third-order valence-corrected chi connectivity index (χ3v) is 2.57. The van der Waals surface area contributed by atoms with Gasteiger partial charge in [0.1, 0.15) is 10.8 Å². The van der Waals surface area contributed by atoms with Crippen LogP contribution in [0.2, 0.25) is 5.15 Å². The number of rotatable bonds is 2. The van der Waals surface area contributed by atoms with Gasteiger partial charge in [-0.3, -0.25) is 0 Å². The van der Waals surface area contributed by atoms with Gasteiger partial charge in [-0.1, -0.05) is 11.6 Å². The van der Waals surface area contributed by atoms with Crippen LogP contribution in [0.3, 0.4) is 0 Å². The van der Waals surface area contributed by atoms with Crippen molar-refractivity contribution < 1.29 is 0 Å². The molecule has 0 aliphatic rings. The highest BCUT2D eigenvalue weighted by Crippen LogP contribution is 2.23. The highest BCUT2D eigenvalue weighted by Gasteiger charge is 2.09. The Balaban J connectivity index is 2.58. The average Bonchev–Trinajstić information content (AvgIpc) is 2.46. The molecule has 0 unspecified atom stereocenters. The Morgan fingerprint density at radius 2 is 2.20 bits per heavy atom. The number of aryl methyl sites for hydroxylation is 1. The van der Waals surface area contributed by atoms with E-state index >= 15 is 0 Å². The standard InChI is InChI=1S/C11H14ClN3/c1-7-4-9(12)14-11-10(7)8(5-13-11)6-15(2)3/h4-5H,6H2,1-3H3,(H,13,14). The second-order valence-electron chi connectivity index (χ2n) is 4.04. The number of aromatic amines is 1. The Kier molecular flexibility index (Phi) is 2.67. The summed E-state index contributed by atoms with van der Waals surface area (Å²) in [6.07, 6.45) is 2.00. The molecular weight excluding hydrogens is 210 g/mol. The summed E-state index contributed by atoms with van der Waals surface area (Å²) in [5.41, 5.74) is 3.30. The number of H-pyrrole nitrogens is 1. The minimum atomic E-state index is 0.540. The first kappa shape index (κ1) is 10.5. The molecule has 0 radical (unpaired) electrons. The summed E-state index contributed by atoms with van der Waals surface area (Å²) in [7, 11) is 4.11. The molecule has 2 aromatic rings. The van der Waals surface area contributed by atoms with Crippen molar-refractivity contribution in [3.63, 3.8) is 0 Å². The molecule has 2 rings (SSSR count). The fourth-order valence-electron chi connectivity index (χ4n) is 1.84. The van der Waals surface area contributed by atoms with Crippen LogP contribution < -0.4 is 0 Å². The van der Waals surface area contributed by atoms with Crippen molar-refractivity contribution in [3.8, 4) is 0 Å². The molecule has 2 heterocycles. The maximum Gasteiger partial charge on any atom is 0.139 e. The van der Waals surface area contributed by atoms with E-state index in [1.54, 1.807) is 0 Å². The van der Waals surface area contributed by atoms with Crippen molar-refractivity contribution in [2.75, 3.05) is 14.1 Å². The third kappa shape index (κ3) is 1.98. The van der Waals surface area contributed by atoms with E-state index in [4.69, 9.17) is 11.6 Å². The summed E-state index contributed by atoms with van der Waals surface area (Å²) >= 11 is 5.90. The molecule has 80 valence electrons. The van der Waals surface area contributed by atoms with Gasteiger partial charge in [-0.2, -0.15) is 0 Å². The number of hydrogen-bond acceptors (Lipinski definition) is 2. The zero-order valence-corrected chi connectivity index (χ0v) is 9.89. The smallest absolute Gasteiger partial charge is 0.139 e. The van der Waals surface area contributed by atoms with E-state index in [-0.39, 0.29) is 0 Å². The molecule has 15 heavy (non-hydrogen) atoms. The molecule has 0 atom stereocenters.